The van der Waals surface area contributed by atoms with E-state index in [2.05, 4.69) is 5.16 Å². The van der Waals surface area contributed by atoms with Crippen molar-refractivity contribution in [2.45, 2.75) is 43.9 Å². The van der Waals surface area contributed by atoms with Crippen molar-refractivity contribution in [1.29, 1.82) is 0 Å². The van der Waals surface area contributed by atoms with Crippen LogP contribution in [0.15, 0.2) is 10.8 Å². The summed E-state index contributed by atoms with van der Waals surface area (Å²) in [6.45, 7) is 0. The molecular weight excluding hydrogens is 174 g/mol. The Bertz CT molecular complexity index is 326. The van der Waals surface area contributed by atoms with Crippen molar-refractivity contribution in [2.75, 3.05) is 0 Å². The van der Waals surface area contributed by atoms with Gasteiger partial charge in [0.2, 0.25) is 0 Å². The van der Waals surface area contributed by atoms with Crippen molar-refractivity contribution in [1.82, 2.24) is 5.16 Å². The fraction of sp³-hybridized carbons (Fsp3) is 0.750. The number of aromatic nitrogens is 1. The highest BCUT2D eigenvalue weighted by molar-refractivity contribution is 5.28. The minimum atomic E-state index is 0.736. The van der Waals surface area contributed by atoms with Crippen LogP contribution in [-0.2, 0) is 0 Å². The van der Waals surface area contributed by atoms with Gasteiger partial charge >= 0.3 is 0 Å². The molecule has 1 aromatic rings. The van der Waals surface area contributed by atoms with Gasteiger partial charge in [-0.1, -0.05) is 5.16 Å². The van der Waals surface area contributed by atoms with Gasteiger partial charge in [0.25, 0.3) is 0 Å². The summed E-state index contributed by atoms with van der Waals surface area (Å²) in [5, 5.41) is 4.24. The summed E-state index contributed by atoms with van der Waals surface area (Å²) in [7, 11) is 0. The zero-order valence-corrected chi connectivity index (χ0v) is 8.28. The lowest BCUT2D eigenvalue weighted by molar-refractivity contribution is 0.161. The summed E-state index contributed by atoms with van der Waals surface area (Å²) < 4.78 is 5.16. The molecule has 0 spiro atoms. The Kier molecular flexibility index (Phi) is 1.29. The van der Waals surface area contributed by atoms with Gasteiger partial charge in [0.05, 0.1) is 5.69 Å². The van der Waals surface area contributed by atoms with Crippen molar-refractivity contribution < 1.29 is 4.52 Å². The molecular formula is C12H15NO. The maximum Gasteiger partial charge on any atom is 0.127 e. The predicted octanol–water partition coefficient (Wildman–Crippen LogP) is 3.07. The Morgan fingerprint density at radius 1 is 1.00 bits per heavy atom. The number of rotatable bonds is 0. The van der Waals surface area contributed by atoms with Crippen LogP contribution in [0.4, 0.5) is 0 Å². The topological polar surface area (TPSA) is 26.0 Å². The highest BCUT2D eigenvalue weighted by Crippen LogP contribution is 2.55. The quantitative estimate of drug-likeness (QED) is 0.627. The first-order valence-electron chi connectivity index (χ1n) is 5.84. The second kappa shape index (κ2) is 2.41. The molecule has 4 aliphatic carbocycles. The predicted molar refractivity (Wildman–Crippen MR) is 52.1 cm³/mol. The van der Waals surface area contributed by atoms with E-state index in [9.17, 15) is 0 Å². The molecule has 2 heteroatoms. The SMILES string of the molecule is c1onc2c1C1C[C@@H]3CC2C[C@@H](C1)C3. The summed E-state index contributed by atoms with van der Waals surface area (Å²) in [6.07, 6.45) is 8.99. The minimum Gasteiger partial charge on any atom is -0.364 e. The van der Waals surface area contributed by atoms with Crippen LogP contribution in [0.1, 0.15) is 55.2 Å². The molecule has 0 saturated heterocycles. The van der Waals surface area contributed by atoms with Crippen LogP contribution in [-0.4, -0.2) is 5.16 Å². The van der Waals surface area contributed by atoms with Crippen LogP contribution < -0.4 is 0 Å². The van der Waals surface area contributed by atoms with Gasteiger partial charge in [-0.3, -0.25) is 0 Å². The monoisotopic (exact) mass is 189 g/mol. The maximum absolute atomic E-state index is 5.16. The van der Waals surface area contributed by atoms with Gasteiger partial charge in [0.15, 0.2) is 0 Å². The summed E-state index contributed by atoms with van der Waals surface area (Å²) in [5.41, 5.74) is 2.78. The zero-order valence-electron chi connectivity index (χ0n) is 8.28. The van der Waals surface area contributed by atoms with Crippen molar-refractivity contribution in [3.8, 4) is 0 Å². The van der Waals surface area contributed by atoms with Crippen molar-refractivity contribution in [3.63, 3.8) is 0 Å². The lowest BCUT2D eigenvalue weighted by Crippen LogP contribution is -2.25. The second-order valence-electron chi connectivity index (χ2n) is 5.46. The first kappa shape index (κ1) is 7.49. The van der Waals surface area contributed by atoms with Crippen molar-refractivity contribution in [3.05, 3.63) is 17.5 Å². The molecule has 2 nitrogen and oxygen atoms in total. The summed E-state index contributed by atoms with van der Waals surface area (Å²) >= 11 is 0. The molecule has 74 valence electrons. The van der Waals surface area contributed by atoms with Gasteiger partial charge in [-0.2, -0.15) is 0 Å². The minimum absolute atomic E-state index is 0.736. The van der Waals surface area contributed by atoms with Crippen molar-refractivity contribution in [2.24, 2.45) is 11.8 Å². The van der Waals surface area contributed by atoms with E-state index in [1.54, 1.807) is 0 Å². The van der Waals surface area contributed by atoms with E-state index in [0.717, 1.165) is 23.7 Å². The highest BCUT2D eigenvalue weighted by Gasteiger charge is 2.43. The molecule has 5 rings (SSSR count). The maximum atomic E-state index is 5.16. The first-order valence-corrected chi connectivity index (χ1v) is 5.84. The van der Waals surface area contributed by atoms with Gasteiger partial charge in [-0.05, 0) is 49.9 Å². The van der Waals surface area contributed by atoms with E-state index in [0.29, 0.717) is 0 Å². The number of nitrogens with zero attached hydrogens (tertiary/aromatic N) is 1. The molecule has 4 bridgehead atoms. The Morgan fingerprint density at radius 2 is 1.71 bits per heavy atom. The van der Waals surface area contributed by atoms with Crippen LogP contribution >= 0.6 is 0 Å². The van der Waals surface area contributed by atoms with E-state index >= 15 is 0 Å². The Hall–Kier alpha value is -0.790. The summed E-state index contributed by atoms with van der Waals surface area (Å²) in [4.78, 5) is 0. The average molecular weight is 189 g/mol. The third-order valence-corrected chi connectivity index (χ3v) is 4.59. The lowest BCUT2D eigenvalue weighted by Gasteiger charge is -2.38. The Balaban J connectivity index is 1.90. The Morgan fingerprint density at radius 3 is 2.50 bits per heavy atom. The molecule has 2 saturated carbocycles. The smallest absolute Gasteiger partial charge is 0.127 e. The van der Waals surface area contributed by atoms with Crippen molar-refractivity contribution >= 4 is 0 Å². The van der Waals surface area contributed by atoms with E-state index in [4.69, 9.17) is 4.52 Å². The van der Waals surface area contributed by atoms with Gasteiger partial charge in [-0.15, -0.1) is 0 Å². The molecule has 0 unspecified atom stereocenters. The third kappa shape index (κ3) is 0.844. The molecule has 0 radical (unpaired) electrons. The highest BCUT2D eigenvalue weighted by atomic mass is 16.5. The summed E-state index contributed by atoms with van der Waals surface area (Å²) in [5.74, 6) is 3.51. The zero-order chi connectivity index (χ0) is 9.12. The lowest BCUT2D eigenvalue weighted by atomic mass is 9.67. The largest absolute Gasteiger partial charge is 0.364 e. The van der Waals surface area contributed by atoms with E-state index in [-0.39, 0.29) is 0 Å². The second-order valence-corrected chi connectivity index (χ2v) is 5.46. The number of hydrogen-bond donors (Lipinski definition) is 0. The molecule has 0 N–H and O–H groups in total. The molecule has 1 heterocycles. The molecule has 14 heavy (non-hydrogen) atoms. The van der Waals surface area contributed by atoms with E-state index in [1.165, 1.54) is 43.4 Å². The van der Waals surface area contributed by atoms with E-state index in [1.807, 2.05) is 6.26 Å². The van der Waals surface area contributed by atoms with Gasteiger partial charge in [-0.25, -0.2) is 0 Å². The Labute approximate surface area is 83.7 Å². The molecule has 4 aliphatic rings. The fourth-order valence-electron chi connectivity index (χ4n) is 4.20. The van der Waals surface area contributed by atoms with Gasteiger partial charge < -0.3 is 4.52 Å². The molecule has 0 aromatic carbocycles. The van der Waals surface area contributed by atoms with Gasteiger partial charge in [0.1, 0.15) is 6.26 Å². The van der Waals surface area contributed by atoms with Crippen LogP contribution in [0.2, 0.25) is 0 Å². The average Bonchev–Trinajstić information content (AvgIpc) is 2.58. The number of hydrogen-bond acceptors (Lipinski definition) is 2. The first-order chi connectivity index (χ1) is 6.90. The van der Waals surface area contributed by atoms with Crippen LogP contribution in [0.5, 0.6) is 0 Å². The van der Waals surface area contributed by atoms with Gasteiger partial charge in [0, 0.05) is 11.5 Å². The third-order valence-electron chi connectivity index (χ3n) is 4.59. The fourth-order valence-corrected chi connectivity index (χ4v) is 4.20. The standard InChI is InChI=1S/C12H15NO/c1-7-2-9-3-8(1)5-10(4-7)12-11(9)6-14-13-12/h6-10H,1-5H2/t7-,8-,9?,10?/m1/s1. The van der Waals surface area contributed by atoms with Crippen LogP contribution in [0, 0.1) is 11.8 Å². The van der Waals surface area contributed by atoms with E-state index < -0.39 is 0 Å². The molecule has 2 fully saturated rings. The summed E-state index contributed by atoms with van der Waals surface area (Å²) in [6, 6.07) is 0. The molecule has 1 aromatic heterocycles. The van der Waals surface area contributed by atoms with Crippen LogP contribution in [0.25, 0.3) is 0 Å². The molecule has 2 atom stereocenters. The normalized spacial score (nSPS) is 43.7. The molecule has 0 aliphatic heterocycles. The van der Waals surface area contributed by atoms with Crippen LogP contribution in [0.3, 0.4) is 0 Å². The molecule has 0 amide bonds.